The third-order valence-electron chi connectivity index (χ3n) is 4.28. The average molecular weight is 383 g/mol. The lowest BCUT2D eigenvalue weighted by molar-refractivity contribution is -0.393. The van der Waals surface area contributed by atoms with E-state index < -0.39 is 15.5 Å². The second-order valence-corrected chi connectivity index (χ2v) is 6.08. The maximum Gasteiger partial charge on any atom is 0.301 e. The highest BCUT2D eigenvalue weighted by Crippen LogP contribution is 2.29. The van der Waals surface area contributed by atoms with E-state index in [9.17, 15) is 20.2 Å². The first-order valence-corrected chi connectivity index (χ1v) is 8.28. The zero-order valence-corrected chi connectivity index (χ0v) is 15.2. The van der Waals surface area contributed by atoms with E-state index in [0.29, 0.717) is 6.54 Å². The minimum atomic E-state index is -0.694. The predicted octanol–water partition coefficient (Wildman–Crippen LogP) is 4.01. The summed E-state index contributed by atoms with van der Waals surface area (Å²) in [7, 11) is 0. The highest BCUT2D eigenvalue weighted by molar-refractivity contribution is 5.82. The Kier molecular flexibility index (Phi) is 5.21. The molecule has 0 spiro atoms. The van der Waals surface area contributed by atoms with Gasteiger partial charge in [-0.3, -0.25) is 25.7 Å². The largest absolute Gasteiger partial charge is 0.467 e. The molecule has 2 aromatic heterocycles. The van der Waals surface area contributed by atoms with Gasteiger partial charge in [-0.2, -0.15) is 5.10 Å². The van der Waals surface area contributed by atoms with Gasteiger partial charge in [0.15, 0.2) is 0 Å². The molecule has 0 atom stereocenters. The van der Waals surface area contributed by atoms with E-state index in [2.05, 4.69) is 15.1 Å². The van der Waals surface area contributed by atoms with Gasteiger partial charge in [0.2, 0.25) is 0 Å². The summed E-state index contributed by atoms with van der Waals surface area (Å²) in [5.41, 5.74) is 4.68. The minimum Gasteiger partial charge on any atom is -0.467 e. The summed E-state index contributed by atoms with van der Waals surface area (Å²) >= 11 is 0. The van der Waals surface area contributed by atoms with Gasteiger partial charge in [0.25, 0.3) is 5.69 Å². The fraction of sp³-hybridized carbons (Fsp3) is 0.167. The van der Waals surface area contributed by atoms with Gasteiger partial charge in [-0.25, -0.2) is 0 Å². The Balaban J connectivity index is 1.80. The smallest absolute Gasteiger partial charge is 0.301 e. The van der Waals surface area contributed by atoms with Gasteiger partial charge >= 0.3 is 5.69 Å². The molecule has 1 N–H and O–H groups in total. The van der Waals surface area contributed by atoms with E-state index in [1.165, 1.54) is 12.1 Å². The van der Waals surface area contributed by atoms with Crippen molar-refractivity contribution in [2.45, 2.75) is 20.4 Å². The first-order valence-electron chi connectivity index (χ1n) is 8.28. The number of benzene rings is 1. The van der Waals surface area contributed by atoms with Crippen molar-refractivity contribution in [2.24, 2.45) is 5.10 Å². The molecular formula is C18H17N5O5. The number of anilines is 1. The van der Waals surface area contributed by atoms with Crippen LogP contribution in [-0.4, -0.2) is 20.6 Å². The van der Waals surface area contributed by atoms with Crippen molar-refractivity contribution in [3.8, 4) is 0 Å². The van der Waals surface area contributed by atoms with Crippen molar-refractivity contribution in [3.63, 3.8) is 0 Å². The average Bonchev–Trinajstić information content (AvgIpc) is 3.26. The van der Waals surface area contributed by atoms with Crippen molar-refractivity contribution < 1.29 is 14.3 Å². The van der Waals surface area contributed by atoms with Gasteiger partial charge < -0.3 is 8.98 Å². The van der Waals surface area contributed by atoms with Gasteiger partial charge in [-0.05, 0) is 38.1 Å². The fourth-order valence-electron chi connectivity index (χ4n) is 2.81. The summed E-state index contributed by atoms with van der Waals surface area (Å²) in [6.07, 6.45) is 3.17. The maximum atomic E-state index is 11.2. The lowest BCUT2D eigenvalue weighted by Crippen LogP contribution is -2.03. The van der Waals surface area contributed by atoms with Crippen LogP contribution in [0.15, 0.2) is 52.2 Å². The van der Waals surface area contributed by atoms with Crippen LogP contribution < -0.4 is 5.43 Å². The summed E-state index contributed by atoms with van der Waals surface area (Å²) in [5.74, 6) is 0.824. The summed E-state index contributed by atoms with van der Waals surface area (Å²) < 4.78 is 7.44. The van der Waals surface area contributed by atoms with Gasteiger partial charge in [-0.1, -0.05) is 0 Å². The summed E-state index contributed by atoms with van der Waals surface area (Å²) in [6.45, 7) is 4.48. The van der Waals surface area contributed by atoms with E-state index in [1.54, 1.807) is 12.5 Å². The van der Waals surface area contributed by atoms with Crippen molar-refractivity contribution in [1.29, 1.82) is 0 Å². The summed E-state index contributed by atoms with van der Waals surface area (Å²) in [4.78, 5) is 20.6. The molecule has 3 rings (SSSR count). The Bertz CT molecular complexity index is 1050. The fourth-order valence-corrected chi connectivity index (χ4v) is 2.81. The molecule has 0 bridgehead atoms. The highest BCUT2D eigenvalue weighted by Gasteiger charge is 2.19. The van der Waals surface area contributed by atoms with Crippen LogP contribution in [0.3, 0.4) is 0 Å². The number of nitro benzene ring substituents is 2. The number of nitrogens with zero attached hydrogens (tertiary/aromatic N) is 4. The predicted molar refractivity (Wildman–Crippen MR) is 103 cm³/mol. The van der Waals surface area contributed by atoms with E-state index in [4.69, 9.17) is 4.42 Å². The number of nitrogens with one attached hydrogen (secondary N) is 1. The van der Waals surface area contributed by atoms with Crippen LogP contribution in [0.5, 0.6) is 0 Å². The van der Waals surface area contributed by atoms with Crippen LogP contribution in [0.25, 0.3) is 0 Å². The molecule has 0 saturated carbocycles. The van der Waals surface area contributed by atoms with E-state index in [1.807, 2.05) is 32.0 Å². The molecule has 0 radical (unpaired) electrons. The molecule has 0 aliphatic carbocycles. The molecule has 2 heterocycles. The summed E-state index contributed by atoms with van der Waals surface area (Å²) in [5, 5.41) is 26.0. The minimum absolute atomic E-state index is 0.0660. The monoisotopic (exact) mass is 383 g/mol. The van der Waals surface area contributed by atoms with Crippen molar-refractivity contribution in [2.75, 3.05) is 5.43 Å². The normalized spacial score (nSPS) is 11.1. The molecule has 0 fully saturated rings. The van der Waals surface area contributed by atoms with Crippen LogP contribution in [0, 0.1) is 34.1 Å². The number of aryl methyl sites for hydroxylation is 1. The number of hydrogen-bond donors (Lipinski definition) is 1. The highest BCUT2D eigenvalue weighted by atomic mass is 16.6. The van der Waals surface area contributed by atoms with E-state index >= 15 is 0 Å². The van der Waals surface area contributed by atoms with Crippen molar-refractivity contribution in [3.05, 3.63) is 85.6 Å². The SMILES string of the molecule is Cc1cc(C=NNc2ccc([N+](=O)[O-])cc2[N+](=O)[O-])c(C)n1Cc1ccco1. The second kappa shape index (κ2) is 7.74. The lowest BCUT2D eigenvalue weighted by Gasteiger charge is -2.07. The number of rotatable bonds is 7. The van der Waals surface area contributed by atoms with Crippen LogP contribution in [0.4, 0.5) is 17.1 Å². The zero-order chi connectivity index (χ0) is 20.3. The molecule has 1 aromatic carbocycles. The molecule has 144 valence electrons. The molecule has 3 aromatic rings. The van der Waals surface area contributed by atoms with Crippen LogP contribution in [0.1, 0.15) is 22.7 Å². The number of hydrazone groups is 1. The van der Waals surface area contributed by atoms with E-state index in [0.717, 1.165) is 28.8 Å². The molecule has 0 amide bonds. The van der Waals surface area contributed by atoms with Gasteiger partial charge in [0.1, 0.15) is 11.4 Å². The Morgan fingerprint density at radius 2 is 1.96 bits per heavy atom. The van der Waals surface area contributed by atoms with Gasteiger partial charge in [-0.15, -0.1) is 0 Å². The molecule has 0 aliphatic rings. The number of nitro groups is 2. The quantitative estimate of drug-likeness (QED) is 0.373. The number of hydrogen-bond acceptors (Lipinski definition) is 7. The summed E-state index contributed by atoms with van der Waals surface area (Å²) in [6, 6.07) is 8.99. The first-order chi connectivity index (χ1) is 13.4. The topological polar surface area (TPSA) is 129 Å². The van der Waals surface area contributed by atoms with Crippen LogP contribution >= 0.6 is 0 Å². The maximum absolute atomic E-state index is 11.2. The Hall–Kier alpha value is -3.95. The Labute approximate surface area is 159 Å². The number of aromatic nitrogens is 1. The molecule has 0 unspecified atom stereocenters. The third-order valence-corrected chi connectivity index (χ3v) is 4.28. The third kappa shape index (κ3) is 3.90. The second-order valence-electron chi connectivity index (χ2n) is 6.08. The molecule has 10 heteroatoms. The Morgan fingerprint density at radius 1 is 1.18 bits per heavy atom. The first kappa shape index (κ1) is 18.8. The molecular weight excluding hydrogens is 366 g/mol. The van der Waals surface area contributed by atoms with E-state index in [-0.39, 0.29) is 11.4 Å². The lowest BCUT2D eigenvalue weighted by atomic mass is 10.2. The van der Waals surface area contributed by atoms with Crippen molar-refractivity contribution in [1.82, 2.24) is 4.57 Å². The van der Waals surface area contributed by atoms with Crippen LogP contribution in [-0.2, 0) is 6.54 Å². The molecule has 0 aliphatic heterocycles. The van der Waals surface area contributed by atoms with Gasteiger partial charge in [0, 0.05) is 23.0 Å². The van der Waals surface area contributed by atoms with Gasteiger partial charge in [0.05, 0.1) is 34.9 Å². The van der Waals surface area contributed by atoms with Crippen LogP contribution in [0.2, 0.25) is 0 Å². The number of furan rings is 1. The standard InChI is InChI=1S/C18H17N5O5/c1-12-8-14(13(2)21(12)11-16-4-3-7-28-16)10-19-20-17-6-5-15(22(24)25)9-18(17)23(26)27/h3-10,20H,11H2,1-2H3. The molecule has 0 saturated heterocycles. The number of non-ortho nitro benzene ring substituents is 1. The molecule has 10 nitrogen and oxygen atoms in total. The van der Waals surface area contributed by atoms with Crippen molar-refractivity contribution >= 4 is 23.3 Å². The molecule has 28 heavy (non-hydrogen) atoms. The Morgan fingerprint density at radius 3 is 2.61 bits per heavy atom. The zero-order valence-electron chi connectivity index (χ0n) is 15.2.